The molecular formula is C18H26FN. The Morgan fingerprint density at radius 2 is 1.90 bits per heavy atom. The van der Waals surface area contributed by atoms with Crippen molar-refractivity contribution in [2.24, 2.45) is 5.41 Å². The molecule has 2 heteroatoms. The van der Waals surface area contributed by atoms with E-state index in [0.717, 1.165) is 12.6 Å². The fraction of sp³-hybridized carbons (Fsp3) is 0.667. The number of hydrogen-bond acceptors (Lipinski definition) is 1. The van der Waals surface area contributed by atoms with E-state index in [9.17, 15) is 4.39 Å². The van der Waals surface area contributed by atoms with Gasteiger partial charge in [-0.1, -0.05) is 38.8 Å². The zero-order valence-electron chi connectivity index (χ0n) is 12.7. The molecule has 1 aromatic rings. The van der Waals surface area contributed by atoms with Crippen LogP contribution in [0.1, 0.15) is 57.9 Å². The third-order valence-electron chi connectivity index (χ3n) is 5.67. The molecule has 20 heavy (non-hydrogen) atoms. The number of nitrogens with one attached hydrogen (secondary N) is 1. The maximum atomic E-state index is 13.6. The van der Waals surface area contributed by atoms with Crippen LogP contribution in [0, 0.1) is 11.2 Å². The SMILES string of the molecule is CCC1(CC)CC(CNC2CC2)(c2cccc(F)c2)C1. The average molecular weight is 275 g/mol. The predicted molar refractivity (Wildman–Crippen MR) is 81.4 cm³/mol. The number of benzene rings is 1. The second-order valence-electron chi connectivity index (χ2n) is 7.01. The minimum Gasteiger partial charge on any atom is -0.313 e. The van der Waals surface area contributed by atoms with Crippen LogP contribution < -0.4 is 5.32 Å². The van der Waals surface area contributed by atoms with Gasteiger partial charge in [-0.3, -0.25) is 0 Å². The summed E-state index contributed by atoms with van der Waals surface area (Å²) in [5, 5.41) is 3.68. The van der Waals surface area contributed by atoms with E-state index in [1.807, 2.05) is 6.07 Å². The highest BCUT2D eigenvalue weighted by atomic mass is 19.1. The van der Waals surface area contributed by atoms with Gasteiger partial charge in [-0.05, 0) is 48.8 Å². The van der Waals surface area contributed by atoms with E-state index in [2.05, 4.69) is 25.2 Å². The van der Waals surface area contributed by atoms with Crippen molar-refractivity contribution in [1.82, 2.24) is 5.32 Å². The fourth-order valence-electron chi connectivity index (χ4n) is 4.01. The molecule has 110 valence electrons. The third-order valence-corrected chi connectivity index (χ3v) is 5.67. The van der Waals surface area contributed by atoms with Crippen molar-refractivity contribution < 1.29 is 4.39 Å². The maximum absolute atomic E-state index is 13.6. The Kier molecular flexibility index (Phi) is 3.62. The monoisotopic (exact) mass is 275 g/mol. The molecule has 2 saturated carbocycles. The molecule has 2 aliphatic carbocycles. The van der Waals surface area contributed by atoms with Crippen LogP contribution in [-0.2, 0) is 5.41 Å². The molecule has 0 aromatic heterocycles. The van der Waals surface area contributed by atoms with Crippen LogP contribution in [0.5, 0.6) is 0 Å². The lowest BCUT2D eigenvalue weighted by Gasteiger charge is -2.57. The quantitative estimate of drug-likeness (QED) is 0.810. The van der Waals surface area contributed by atoms with Crippen molar-refractivity contribution in [2.75, 3.05) is 6.54 Å². The predicted octanol–water partition coefficient (Wildman–Crippen LogP) is 4.42. The first-order chi connectivity index (χ1) is 9.61. The van der Waals surface area contributed by atoms with Crippen LogP contribution in [0.25, 0.3) is 0 Å². The Hall–Kier alpha value is -0.890. The van der Waals surface area contributed by atoms with Crippen LogP contribution >= 0.6 is 0 Å². The lowest BCUT2D eigenvalue weighted by atomic mass is 9.48. The second kappa shape index (κ2) is 5.14. The van der Waals surface area contributed by atoms with Crippen molar-refractivity contribution in [3.05, 3.63) is 35.6 Å². The summed E-state index contributed by atoms with van der Waals surface area (Å²) in [6, 6.07) is 8.01. The molecule has 0 radical (unpaired) electrons. The van der Waals surface area contributed by atoms with E-state index < -0.39 is 0 Å². The minimum atomic E-state index is -0.0983. The van der Waals surface area contributed by atoms with E-state index in [4.69, 9.17) is 0 Å². The van der Waals surface area contributed by atoms with Gasteiger partial charge in [-0.2, -0.15) is 0 Å². The van der Waals surface area contributed by atoms with Crippen molar-refractivity contribution in [1.29, 1.82) is 0 Å². The van der Waals surface area contributed by atoms with Gasteiger partial charge >= 0.3 is 0 Å². The van der Waals surface area contributed by atoms with E-state index >= 15 is 0 Å². The van der Waals surface area contributed by atoms with Gasteiger partial charge in [0.05, 0.1) is 0 Å². The first-order valence-corrected chi connectivity index (χ1v) is 8.11. The Morgan fingerprint density at radius 1 is 1.20 bits per heavy atom. The van der Waals surface area contributed by atoms with Crippen molar-refractivity contribution in [3.63, 3.8) is 0 Å². The van der Waals surface area contributed by atoms with E-state index in [1.54, 1.807) is 12.1 Å². The molecule has 0 aliphatic heterocycles. The first-order valence-electron chi connectivity index (χ1n) is 8.11. The third kappa shape index (κ3) is 2.50. The van der Waals surface area contributed by atoms with E-state index in [-0.39, 0.29) is 11.2 Å². The first kappa shape index (κ1) is 14.1. The summed E-state index contributed by atoms with van der Waals surface area (Å²) in [6.45, 7) is 5.61. The molecule has 0 amide bonds. The van der Waals surface area contributed by atoms with Crippen LogP contribution in [0.2, 0.25) is 0 Å². The van der Waals surface area contributed by atoms with Gasteiger partial charge in [0.15, 0.2) is 0 Å². The van der Waals surface area contributed by atoms with Crippen molar-refractivity contribution >= 4 is 0 Å². The highest BCUT2D eigenvalue weighted by Gasteiger charge is 2.53. The summed E-state index contributed by atoms with van der Waals surface area (Å²) in [4.78, 5) is 0. The molecule has 1 aromatic carbocycles. The topological polar surface area (TPSA) is 12.0 Å². The summed E-state index contributed by atoms with van der Waals surface area (Å²) in [5.41, 5.74) is 1.84. The number of rotatable bonds is 6. The highest BCUT2D eigenvalue weighted by Crippen LogP contribution is 2.59. The zero-order valence-corrected chi connectivity index (χ0v) is 12.7. The minimum absolute atomic E-state index is 0.0983. The van der Waals surface area contributed by atoms with Gasteiger partial charge in [-0.25, -0.2) is 4.39 Å². The molecule has 0 heterocycles. The summed E-state index contributed by atoms with van der Waals surface area (Å²) in [7, 11) is 0. The number of halogens is 1. The summed E-state index contributed by atoms with van der Waals surface area (Å²) < 4.78 is 13.6. The Labute approximate surface area is 122 Å². The Morgan fingerprint density at radius 3 is 2.45 bits per heavy atom. The van der Waals surface area contributed by atoms with Gasteiger partial charge in [-0.15, -0.1) is 0 Å². The smallest absolute Gasteiger partial charge is 0.123 e. The summed E-state index contributed by atoms with van der Waals surface area (Å²) in [5.74, 6) is -0.0983. The standard InChI is InChI=1S/C18H26FN/c1-3-17(4-2)11-18(12-17,13-20-16-8-9-16)14-6-5-7-15(19)10-14/h5-7,10,16,20H,3-4,8-9,11-13H2,1-2H3. The molecule has 1 N–H and O–H groups in total. The molecule has 3 rings (SSSR count). The molecule has 0 atom stereocenters. The van der Waals surface area contributed by atoms with Crippen LogP contribution in [0.15, 0.2) is 24.3 Å². The van der Waals surface area contributed by atoms with E-state index in [0.29, 0.717) is 5.41 Å². The van der Waals surface area contributed by atoms with Crippen LogP contribution in [-0.4, -0.2) is 12.6 Å². The average Bonchev–Trinajstić information content (AvgIpc) is 3.23. The molecule has 1 nitrogen and oxygen atoms in total. The number of hydrogen-bond donors (Lipinski definition) is 1. The second-order valence-corrected chi connectivity index (χ2v) is 7.01. The summed E-state index contributed by atoms with van der Waals surface area (Å²) >= 11 is 0. The largest absolute Gasteiger partial charge is 0.313 e. The van der Waals surface area contributed by atoms with Crippen LogP contribution in [0.3, 0.4) is 0 Å². The van der Waals surface area contributed by atoms with Crippen molar-refractivity contribution in [2.45, 2.75) is 63.8 Å². The lowest BCUT2D eigenvalue weighted by molar-refractivity contribution is 0.0125. The molecule has 2 fully saturated rings. The maximum Gasteiger partial charge on any atom is 0.123 e. The van der Waals surface area contributed by atoms with Crippen molar-refractivity contribution in [3.8, 4) is 0 Å². The van der Waals surface area contributed by atoms with E-state index in [1.165, 1.54) is 44.1 Å². The Bertz CT molecular complexity index is 466. The van der Waals surface area contributed by atoms with Gasteiger partial charge in [0.2, 0.25) is 0 Å². The zero-order chi connectivity index (χ0) is 14.2. The summed E-state index contributed by atoms with van der Waals surface area (Å²) in [6.07, 6.45) is 7.51. The normalized spacial score (nSPS) is 23.4. The van der Waals surface area contributed by atoms with Gasteiger partial charge < -0.3 is 5.32 Å². The Balaban J connectivity index is 1.81. The van der Waals surface area contributed by atoms with Gasteiger partial charge in [0.1, 0.15) is 5.82 Å². The molecule has 0 spiro atoms. The van der Waals surface area contributed by atoms with Gasteiger partial charge in [0, 0.05) is 18.0 Å². The lowest BCUT2D eigenvalue weighted by Crippen LogP contribution is -2.54. The molecule has 0 saturated heterocycles. The van der Waals surface area contributed by atoms with Gasteiger partial charge in [0.25, 0.3) is 0 Å². The van der Waals surface area contributed by atoms with Crippen LogP contribution in [0.4, 0.5) is 4.39 Å². The molecule has 0 unspecified atom stereocenters. The molecule has 2 aliphatic rings. The molecular weight excluding hydrogens is 249 g/mol. The highest BCUT2D eigenvalue weighted by molar-refractivity contribution is 5.32. The molecule has 0 bridgehead atoms. The fourth-order valence-corrected chi connectivity index (χ4v) is 4.01.